The molecular formula is C15H18N2OS2. The van der Waals surface area contributed by atoms with Crippen LogP contribution < -0.4 is 10.1 Å². The van der Waals surface area contributed by atoms with Crippen molar-refractivity contribution in [1.82, 2.24) is 10.3 Å². The van der Waals surface area contributed by atoms with E-state index in [9.17, 15) is 0 Å². The molecule has 1 aromatic carbocycles. The first-order valence-electron chi connectivity index (χ1n) is 6.72. The second-order valence-corrected chi connectivity index (χ2v) is 7.20. The monoisotopic (exact) mass is 306 g/mol. The van der Waals surface area contributed by atoms with Crippen molar-refractivity contribution < 1.29 is 4.74 Å². The fraction of sp³-hybridized carbons (Fsp3) is 0.400. The van der Waals surface area contributed by atoms with Crippen molar-refractivity contribution in [2.24, 2.45) is 0 Å². The molecule has 1 aliphatic rings. The lowest BCUT2D eigenvalue weighted by atomic mass is 9.87. The van der Waals surface area contributed by atoms with Crippen LogP contribution in [0.3, 0.4) is 0 Å². The first-order valence-corrected chi connectivity index (χ1v) is 8.48. The standard InChI is InChI=1S/C15H18N2OS2/c1-16-14-12-9-11(18-2)5-3-10(12)4-6-13(14)20-15-17-7-8-19-15/h3,5,7-9,13-14,16H,4,6H2,1-2H3. The van der Waals surface area contributed by atoms with Gasteiger partial charge in [0.05, 0.1) is 7.11 Å². The minimum atomic E-state index is 0.350. The molecule has 5 heteroatoms. The molecule has 0 fully saturated rings. The van der Waals surface area contributed by atoms with Crippen molar-refractivity contribution in [2.75, 3.05) is 14.2 Å². The molecule has 2 aromatic rings. The number of nitrogens with zero attached hydrogens (tertiary/aromatic N) is 1. The zero-order chi connectivity index (χ0) is 13.9. The third kappa shape index (κ3) is 2.71. The normalized spacial score (nSPS) is 21.5. The molecule has 106 valence electrons. The summed E-state index contributed by atoms with van der Waals surface area (Å²) < 4.78 is 6.52. The van der Waals surface area contributed by atoms with E-state index in [1.54, 1.807) is 18.4 Å². The van der Waals surface area contributed by atoms with Gasteiger partial charge in [-0.2, -0.15) is 0 Å². The first kappa shape index (κ1) is 13.9. The zero-order valence-corrected chi connectivity index (χ0v) is 13.3. The second kappa shape index (κ2) is 6.16. The van der Waals surface area contributed by atoms with Gasteiger partial charge in [0.25, 0.3) is 0 Å². The summed E-state index contributed by atoms with van der Waals surface area (Å²) in [6.45, 7) is 0. The predicted molar refractivity (Wildman–Crippen MR) is 84.9 cm³/mol. The maximum absolute atomic E-state index is 5.37. The Balaban J connectivity index is 1.88. The molecular weight excluding hydrogens is 288 g/mol. The van der Waals surface area contributed by atoms with Gasteiger partial charge in [-0.15, -0.1) is 11.3 Å². The molecule has 0 saturated carbocycles. The van der Waals surface area contributed by atoms with Gasteiger partial charge >= 0.3 is 0 Å². The number of aromatic nitrogens is 1. The number of thiazole rings is 1. The van der Waals surface area contributed by atoms with Crippen molar-refractivity contribution in [3.05, 3.63) is 40.9 Å². The highest BCUT2D eigenvalue weighted by molar-refractivity contribution is 8.01. The third-order valence-corrected chi connectivity index (χ3v) is 5.99. The molecule has 0 bridgehead atoms. The van der Waals surface area contributed by atoms with Crippen molar-refractivity contribution in [3.8, 4) is 5.75 Å². The van der Waals surface area contributed by atoms with Gasteiger partial charge in [-0.05, 0) is 43.1 Å². The molecule has 2 unspecified atom stereocenters. The van der Waals surface area contributed by atoms with Crippen LogP contribution >= 0.6 is 23.1 Å². The summed E-state index contributed by atoms with van der Waals surface area (Å²) in [4.78, 5) is 4.40. The minimum Gasteiger partial charge on any atom is -0.497 e. The zero-order valence-electron chi connectivity index (χ0n) is 11.6. The van der Waals surface area contributed by atoms with Gasteiger partial charge in [0, 0.05) is 22.9 Å². The van der Waals surface area contributed by atoms with Crippen LogP contribution in [0.15, 0.2) is 34.1 Å². The number of methoxy groups -OCH3 is 1. The second-order valence-electron chi connectivity index (χ2n) is 4.82. The number of aryl methyl sites for hydroxylation is 1. The summed E-state index contributed by atoms with van der Waals surface area (Å²) in [5, 5.41) is 6.03. The molecule has 0 spiro atoms. The Labute approximate surface area is 127 Å². The Morgan fingerprint density at radius 2 is 2.35 bits per heavy atom. The highest BCUT2D eigenvalue weighted by atomic mass is 32.2. The van der Waals surface area contributed by atoms with Gasteiger partial charge in [-0.25, -0.2) is 4.98 Å². The van der Waals surface area contributed by atoms with E-state index in [0.29, 0.717) is 11.3 Å². The fourth-order valence-corrected chi connectivity index (χ4v) is 4.90. The summed E-state index contributed by atoms with van der Waals surface area (Å²) in [6, 6.07) is 6.77. The number of hydrogen-bond acceptors (Lipinski definition) is 5. The van der Waals surface area contributed by atoms with E-state index >= 15 is 0 Å². The lowest BCUT2D eigenvalue weighted by Gasteiger charge is -2.32. The number of thioether (sulfide) groups is 1. The molecule has 0 aliphatic heterocycles. The van der Waals surface area contributed by atoms with Crippen LogP contribution in [-0.4, -0.2) is 24.4 Å². The Morgan fingerprint density at radius 3 is 3.05 bits per heavy atom. The van der Waals surface area contributed by atoms with E-state index in [4.69, 9.17) is 4.74 Å². The van der Waals surface area contributed by atoms with Crippen LogP contribution in [0.25, 0.3) is 0 Å². The average Bonchev–Trinajstić information content (AvgIpc) is 2.99. The minimum absolute atomic E-state index is 0.350. The van der Waals surface area contributed by atoms with Crippen molar-refractivity contribution >= 4 is 23.1 Å². The van der Waals surface area contributed by atoms with Crippen molar-refractivity contribution in [3.63, 3.8) is 0 Å². The van der Waals surface area contributed by atoms with Gasteiger partial charge in [-0.3, -0.25) is 0 Å². The molecule has 1 aliphatic carbocycles. The SMILES string of the molecule is CNC1c2cc(OC)ccc2CCC1Sc1nccs1. The number of benzene rings is 1. The number of fused-ring (bicyclic) bond motifs is 1. The van der Waals surface area contributed by atoms with Crippen LogP contribution in [0.4, 0.5) is 0 Å². The fourth-order valence-electron chi connectivity index (χ4n) is 2.75. The van der Waals surface area contributed by atoms with Gasteiger partial charge in [0.15, 0.2) is 0 Å². The number of hydrogen-bond donors (Lipinski definition) is 1. The van der Waals surface area contributed by atoms with E-state index in [1.165, 1.54) is 17.5 Å². The van der Waals surface area contributed by atoms with Crippen LogP contribution in [0, 0.1) is 0 Å². The smallest absolute Gasteiger partial charge is 0.150 e. The van der Waals surface area contributed by atoms with Crippen LogP contribution in [-0.2, 0) is 6.42 Å². The Bertz CT molecular complexity index is 571. The molecule has 2 atom stereocenters. The van der Waals surface area contributed by atoms with E-state index < -0.39 is 0 Å². The molecule has 20 heavy (non-hydrogen) atoms. The van der Waals surface area contributed by atoms with Gasteiger partial charge < -0.3 is 10.1 Å². The number of rotatable bonds is 4. The van der Waals surface area contributed by atoms with Crippen LogP contribution in [0.5, 0.6) is 5.75 Å². The third-order valence-electron chi connectivity index (χ3n) is 3.73. The lowest BCUT2D eigenvalue weighted by Crippen LogP contribution is -2.32. The molecule has 1 aromatic heterocycles. The topological polar surface area (TPSA) is 34.1 Å². The summed E-state index contributed by atoms with van der Waals surface area (Å²) in [5.74, 6) is 0.934. The summed E-state index contributed by atoms with van der Waals surface area (Å²) in [6.07, 6.45) is 4.18. The van der Waals surface area contributed by atoms with Gasteiger partial charge in [0.1, 0.15) is 10.1 Å². The molecule has 3 rings (SSSR count). The van der Waals surface area contributed by atoms with Crippen LogP contribution in [0.2, 0.25) is 0 Å². The van der Waals surface area contributed by atoms with E-state index in [2.05, 4.69) is 28.5 Å². The van der Waals surface area contributed by atoms with E-state index in [0.717, 1.165) is 16.5 Å². The summed E-state index contributed by atoms with van der Waals surface area (Å²) >= 11 is 3.60. The van der Waals surface area contributed by atoms with Crippen molar-refractivity contribution in [1.29, 1.82) is 0 Å². The van der Waals surface area contributed by atoms with Gasteiger partial charge in [0.2, 0.25) is 0 Å². The Kier molecular flexibility index (Phi) is 4.29. The summed E-state index contributed by atoms with van der Waals surface area (Å²) in [5.41, 5.74) is 2.80. The lowest BCUT2D eigenvalue weighted by molar-refractivity contribution is 0.411. The molecule has 0 saturated heterocycles. The Hall–Kier alpha value is -1.04. The highest BCUT2D eigenvalue weighted by Gasteiger charge is 2.30. The molecule has 1 heterocycles. The average molecular weight is 306 g/mol. The predicted octanol–water partition coefficient (Wildman–Crippen LogP) is 3.52. The van der Waals surface area contributed by atoms with E-state index in [-0.39, 0.29) is 0 Å². The molecule has 3 nitrogen and oxygen atoms in total. The Morgan fingerprint density at radius 1 is 1.45 bits per heavy atom. The number of nitrogens with one attached hydrogen (secondary N) is 1. The number of ether oxygens (including phenoxy) is 1. The van der Waals surface area contributed by atoms with Crippen LogP contribution in [0.1, 0.15) is 23.6 Å². The van der Waals surface area contributed by atoms with Gasteiger partial charge in [-0.1, -0.05) is 17.8 Å². The first-order chi connectivity index (χ1) is 9.81. The van der Waals surface area contributed by atoms with Crippen molar-refractivity contribution in [2.45, 2.75) is 28.5 Å². The largest absolute Gasteiger partial charge is 0.497 e. The van der Waals surface area contributed by atoms with E-state index in [1.807, 2.05) is 30.4 Å². The molecule has 0 amide bonds. The molecule has 0 radical (unpaired) electrons. The quantitative estimate of drug-likeness (QED) is 0.937. The maximum Gasteiger partial charge on any atom is 0.150 e. The maximum atomic E-state index is 5.37. The highest BCUT2D eigenvalue weighted by Crippen LogP contribution is 2.41. The molecule has 1 N–H and O–H groups in total. The summed E-state index contributed by atoms with van der Waals surface area (Å²) in [7, 11) is 3.76.